The number of nitro benzene ring substituents is 2. The summed E-state index contributed by atoms with van der Waals surface area (Å²) in [5.41, 5.74) is 3.29. The molecule has 4 rings (SSSR count). The summed E-state index contributed by atoms with van der Waals surface area (Å²) in [6, 6.07) is 9.25. The number of nitrogens with zero attached hydrogens (tertiary/aromatic N) is 2. The van der Waals surface area contributed by atoms with E-state index in [2.05, 4.69) is 0 Å². The lowest BCUT2D eigenvalue weighted by Crippen LogP contribution is -2.10. The van der Waals surface area contributed by atoms with Gasteiger partial charge in [0.2, 0.25) is 0 Å². The van der Waals surface area contributed by atoms with Crippen molar-refractivity contribution in [3.05, 3.63) is 78.9 Å². The number of aliphatic hydroxyl groups is 1. The summed E-state index contributed by atoms with van der Waals surface area (Å²) in [4.78, 5) is 31.5. The number of hydrogen-bond acceptors (Lipinski definition) is 6. The van der Waals surface area contributed by atoms with Crippen molar-refractivity contribution in [3.63, 3.8) is 0 Å². The van der Waals surface area contributed by atoms with Gasteiger partial charge < -0.3 is 5.11 Å². The minimum atomic E-state index is -0.529. The number of ketones is 1. The van der Waals surface area contributed by atoms with Gasteiger partial charge >= 0.3 is 0 Å². The molecular weight excluding hydrogens is 364 g/mol. The van der Waals surface area contributed by atoms with Gasteiger partial charge in [0.15, 0.2) is 5.78 Å². The Morgan fingerprint density at radius 3 is 2.14 bits per heavy atom. The van der Waals surface area contributed by atoms with Crippen molar-refractivity contribution in [1.82, 2.24) is 0 Å². The SMILES string of the molecule is O=C1CCCc2ccc([N+](=O)[O-])cc21.O=[N+]([O-])c1ccc2c(c1)C(O)CCC2. The Hall–Kier alpha value is -3.13. The molecule has 0 aromatic heterocycles. The second-order valence-electron chi connectivity index (χ2n) is 6.92. The Morgan fingerprint density at radius 2 is 1.46 bits per heavy atom. The quantitative estimate of drug-likeness (QED) is 0.614. The normalized spacial score (nSPS) is 17.6. The first kappa shape index (κ1) is 19.6. The number of nitro groups is 2. The Morgan fingerprint density at radius 1 is 0.857 bits per heavy atom. The van der Waals surface area contributed by atoms with E-state index in [0.717, 1.165) is 42.4 Å². The maximum atomic E-state index is 11.4. The lowest BCUT2D eigenvalue weighted by Gasteiger charge is -2.20. The fraction of sp³-hybridized carbons (Fsp3) is 0.350. The molecule has 0 saturated heterocycles. The predicted octanol–water partition coefficient (Wildman–Crippen LogP) is 4.08. The van der Waals surface area contributed by atoms with Gasteiger partial charge in [-0.3, -0.25) is 25.0 Å². The first-order valence-electron chi connectivity index (χ1n) is 9.12. The number of rotatable bonds is 2. The highest BCUT2D eigenvalue weighted by molar-refractivity contribution is 5.99. The van der Waals surface area contributed by atoms with E-state index in [1.165, 1.54) is 24.3 Å². The highest BCUT2D eigenvalue weighted by Crippen LogP contribution is 2.32. The van der Waals surface area contributed by atoms with Crippen LogP contribution in [0.3, 0.4) is 0 Å². The van der Waals surface area contributed by atoms with E-state index in [0.29, 0.717) is 18.4 Å². The summed E-state index contributed by atoms with van der Waals surface area (Å²) in [7, 11) is 0. The van der Waals surface area contributed by atoms with Gasteiger partial charge in [-0.15, -0.1) is 0 Å². The average Bonchev–Trinajstić information content (AvgIpc) is 2.68. The van der Waals surface area contributed by atoms with Crippen LogP contribution in [0.4, 0.5) is 11.4 Å². The summed E-state index contributed by atoms with van der Waals surface area (Å²) < 4.78 is 0. The van der Waals surface area contributed by atoms with Gasteiger partial charge in [-0.05, 0) is 48.8 Å². The van der Waals surface area contributed by atoms with Gasteiger partial charge in [0.25, 0.3) is 11.4 Å². The number of aryl methyl sites for hydroxylation is 2. The molecule has 0 aliphatic heterocycles. The number of carbonyl (C=O) groups is 1. The van der Waals surface area contributed by atoms with E-state index in [-0.39, 0.29) is 17.2 Å². The highest BCUT2D eigenvalue weighted by atomic mass is 16.6. The molecule has 0 radical (unpaired) electrons. The molecule has 1 unspecified atom stereocenters. The Labute approximate surface area is 161 Å². The van der Waals surface area contributed by atoms with Crippen LogP contribution in [0.2, 0.25) is 0 Å². The van der Waals surface area contributed by atoms with Crippen molar-refractivity contribution in [2.75, 3.05) is 0 Å². The van der Waals surface area contributed by atoms with Crippen molar-refractivity contribution < 1.29 is 19.7 Å². The zero-order valence-corrected chi connectivity index (χ0v) is 15.2. The summed E-state index contributed by atoms with van der Waals surface area (Å²) >= 11 is 0. The third kappa shape index (κ3) is 4.23. The van der Waals surface area contributed by atoms with Gasteiger partial charge in [-0.25, -0.2) is 0 Å². The molecule has 1 N–H and O–H groups in total. The van der Waals surface area contributed by atoms with E-state index in [9.17, 15) is 30.1 Å². The van der Waals surface area contributed by atoms with Gasteiger partial charge in [0, 0.05) is 36.2 Å². The van der Waals surface area contributed by atoms with Gasteiger partial charge in [0.05, 0.1) is 16.0 Å². The second-order valence-corrected chi connectivity index (χ2v) is 6.92. The number of non-ortho nitro benzene ring substituents is 2. The van der Waals surface area contributed by atoms with E-state index >= 15 is 0 Å². The van der Waals surface area contributed by atoms with Crippen LogP contribution in [-0.4, -0.2) is 20.7 Å². The van der Waals surface area contributed by atoms with Crippen molar-refractivity contribution >= 4 is 17.2 Å². The standard InChI is InChI=1S/C10H11NO3.C10H9NO3/c2*12-10-3-1-2-7-4-5-8(11(13)14)6-9(7)10/h4-6,10,12H,1-3H2;4-6H,1-3H2. The largest absolute Gasteiger partial charge is 0.388 e. The van der Waals surface area contributed by atoms with E-state index in [1.54, 1.807) is 12.1 Å². The van der Waals surface area contributed by atoms with Crippen molar-refractivity contribution in [3.8, 4) is 0 Å². The summed E-state index contributed by atoms with van der Waals surface area (Å²) in [5.74, 6) is 0.0231. The molecule has 2 aromatic rings. The minimum Gasteiger partial charge on any atom is -0.388 e. The number of benzene rings is 2. The Bertz CT molecular complexity index is 940. The van der Waals surface area contributed by atoms with Crippen LogP contribution < -0.4 is 0 Å². The molecule has 0 heterocycles. The molecule has 146 valence electrons. The average molecular weight is 384 g/mol. The van der Waals surface area contributed by atoms with Crippen LogP contribution in [0.1, 0.15) is 58.8 Å². The number of Topliss-reactive ketones (excluding diaryl/α,β-unsaturated/α-hetero) is 1. The van der Waals surface area contributed by atoms with Crippen molar-refractivity contribution in [1.29, 1.82) is 0 Å². The molecule has 8 nitrogen and oxygen atoms in total. The zero-order valence-electron chi connectivity index (χ0n) is 15.2. The maximum absolute atomic E-state index is 11.4. The highest BCUT2D eigenvalue weighted by Gasteiger charge is 2.21. The van der Waals surface area contributed by atoms with Crippen molar-refractivity contribution in [2.24, 2.45) is 0 Å². The number of aliphatic hydroxyl groups excluding tert-OH is 1. The third-order valence-corrected chi connectivity index (χ3v) is 5.08. The smallest absolute Gasteiger partial charge is 0.270 e. The monoisotopic (exact) mass is 384 g/mol. The van der Waals surface area contributed by atoms with Crippen molar-refractivity contribution in [2.45, 2.75) is 44.6 Å². The molecule has 0 amide bonds. The van der Waals surface area contributed by atoms with Crippen LogP contribution in [0.5, 0.6) is 0 Å². The molecule has 28 heavy (non-hydrogen) atoms. The van der Waals surface area contributed by atoms with Crippen LogP contribution >= 0.6 is 0 Å². The third-order valence-electron chi connectivity index (χ3n) is 5.08. The van der Waals surface area contributed by atoms with Crippen LogP contribution in [-0.2, 0) is 12.8 Å². The molecule has 0 bridgehead atoms. The van der Waals surface area contributed by atoms with Crippen LogP contribution in [0.15, 0.2) is 36.4 Å². The molecule has 0 spiro atoms. The molecular formula is C20H20N2O6. The Kier molecular flexibility index (Phi) is 5.79. The van der Waals surface area contributed by atoms with E-state index < -0.39 is 16.0 Å². The first-order valence-corrected chi connectivity index (χ1v) is 9.12. The Balaban J connectivity index is 0.000000161. The van der Waals surface area contributed by atoms with Gasteiger partial charge in [-0.1, -0.05) is 12.1 Å². The van der Waals surface area contributed by atoms with Gasteiger partial charge in [0.1, 0.15) is 0 Å². The second kappa shape index (κ2) is 8.26. The fourth-order valence-corrected chi connectivity index (χ4v) is 3.60. The number of carbonyl (C=O) groups excluding carboxylic acids is 1. The minimum absolute atomic E-state index is 0.000926. The maximum Gasteiger partial charge on any atom is 0.270 e. The molecule has 0 fully saturated rings. The number of fused-ring (bicyclic) bond motifs is 2. The molecule has 8 heteroatoms. The summed E-state index contributed by atoms with van der Waals surface area (Å²) in [6.45, 7) is 0. The topological polar surface area (TPSA) is 124 Å². The number of hydrogen-bond donors (Lipinski definition) is 1. The van der Waals surface area contributed by atoms with Crippen LogP contribution in [0.25, 0.3) is 0 Å². The fourth-order valence-electron chi connectivity index (χ4n) is 3.60. The zero-order chi connectivity index (χ0) is 20.3. The molecule has 2 aliphatic carbocycles. The summed E-state index contributed by atoms with van der Waals surface area (Å²) in [5, 5.41) is 30.6. The summed E-state index contributed by atoms with van der Waals surface area (Å²) in [6.07, 6.45) is 4.24. The molecule has 0 saturated carbocycles. The van der Waals surface area contributed by atoms with Crippen LogP contribution in [0, 0.1) is 20.2 Å². The van der Waals surface area contributed by atoms with E-state index in [1.807, 2.05) is 0 Å². The van der Waals surface area contributed by atoms with E-state index in [4.69, 9.17) is 0 Å². The predicted molar refractivity (Wildman–Crippen MR) is 101 cm³/mol. The molecule has 1 atom stereocenters. The lowest BCUT2D eigenvalue weighted by molar-refractivity contribution is -0.385. The van der Waals surface area contributed by atoms with Gasteiger partial charge in [-0.2, -0.15) is 0 Å². The molecule has 2 aromatic carbocycles. The molecule has 2 aliphatic rings. The first-order chi connectivity index (χ1) is 13.4. The lowest BCUT2D eigenvalue weighted by atomic mass is 9.89.